The van der Waals surface area contributed by atoms with Gasteiger partial charge in [0.2, 0.25) is 11.7 Å². The Kier molecular flexibility index (Phi) is 5.71. The molecule has 1 aliphatic rings. The van der Waals surface area contributed by atoms with Gasteiger partial charge in [-0.3, -0.25) is 9.89 Å². The van der Waals surface area contributed by atoms with Crippen LogP contribution in [-0.2, 0) is 0 Å². The van der Waals surface area contributed by atoms with Crippen LogP contribution in [0.15, 0.2) is 59.3 Å². The molecule has 5 rings (SSSR count). The molecule has 1 atom stereocenters. The molecule has 3 heterocycles. The van der Waals surface area contributed by atoms with Crippen LogP contribution < -0.4 is 4.74 Å². The van der Waals surface area contributed by atoms with Crippen LogP contribution >= 0.6 is 0 Å². The van der Waals surface area contributed by atoms with Crippen molar-refractivity contribution in [2.75, 3.05) is 6.54 Å². The first-order valence-electron chi connectivity index (χ1n) is 10.6. The summed E-state index contributed by atoms with van der Waals surface area (Å²) in [7, 11) is 0. The van der Waals surface area contributed by atoms with Gasteiger partial charge >= 0.3 is 6.36 Å². The Hall–Kier alpha value is -4.22. The lowest BCUT2D eigenvalue weighted by Gasteiger charge is -2.23. The van der Waals surface area contributed by atoms with Crippen molar-refractivity contribution in [1.29, 1.82) is 0 Å². The number of rotatable bonds is 5. The molecule has 35 heavy (non-hydrogen) atoms. The van der Waals surface area contributed by atoms with Crippen molar-refractivity contribution in [2.24, 2.45) is 0 Å². The maximum Gasteiger partial charge on any atom is 0.573 e. The number of ether oxygens (including phenoxy) is 1. The number of hydrogen-bond acceptors (Lipinski definition) is 6. The van der Waals surface area contributed by atoms with Crippen molar-refractivity contribution in [3.8, 4) is 28.4 Å². The lowest BCUT2D eigenvalue weighted by molar-refractivity contribution is -0.274. The van der Waals surface area contributed by atoms with Crippen molar-refractivity contribution in [1.82, 2.24) is 25.2 Å². The third-order valence-electron chi connectivity index (χ3n) is 5.60. The second kappa shape index (κ2) is 8.85. The van der Waals surface area contributed by atoms with Gasteiger partial charge in [0, 0.05) is 18.3 Å². The van der Waals surface area contributed by atoms with E-state index in [2.05, 4.69) is 25.1 Å². The molecular weight excluding hydrogens is 470 g/mol. The van der Waals surface area contributed by atoms with E-state index in [1.165, 1.54) is 41.4 Å². The lowest BCUT2D eigenvalue weighted by Crippen LogP contribution is -2.31. The maximum atomic E-state index is 14.1. The quantitative estimate of drug-likeness (QED) is 0.392. The van der Waals surface area contributed by atoms with Crippen molar-refractivity contribution < 1.29 is 31.6 Å². The summed E-state index contributed by atoms with van der Waals surface area (Å²) in [5.74, 6) is -1.54. The first kappa shape index (κ1) is 22.6. The van der Waals surface area contributed by atoms with Gasteiger partial charge in [-0.1, -0.05) is 17.3 Å². The van der Waals surface area contributed by atoms with Gasteiger partial charge in [-0.25, -0.2) is 4.39 Å². The predicted molar refractivity (Wildman–Crippen MR) is 113 cm³/mol. The molecule has 4 aromatic rings. The molecule has 0 radical (unpaired) electrons. The van der Waals surface area contributed by atoms with E-state index in [4.69, 9.17) is 4.52 Å². The molecule has 0 saturated carbocycles. The molecule has 1 N–H and O–H groups in total. The van der Waals surface area contributed by atoms with Crippen LogP contribution in [0.3, 0.4) is 0 Å². The zero-order valence-electron chi connectivity index (χ0n) is 17.9. The SMILES string of the molecule is O=C(c1cc(F)ccc1-c1ccn[nH]1)N1CCC[C@H]1c1nc(-c2ccccc2OC(F)(F)F)no1. The molecule has 2 aromatic heterocycles. The largest absolute Gasteiger partial charge is 0.573 e. The first-order chi connectivity index (χ1) is 16.8. The number of carbonyl (C=O) groups excluding carboxylic acids is 1. The molecule has 1 saturated heterocycles. The first-order valence-corrected chi connectivity index (χ1v) is 10.6. The fraction of sp³-hybridized carbons (Fsp3) is 0.217. The number of nitrogens with one attached hydrogen (secondary N) is 1. The van der Waals surface area contributed by atoms with Crippen molar-refractivity contribution >= 4 is 5.91 Å². The summed E-state index contributed by atoms with van der Waals surface area (Å²) >= 11 is 0. The molecule has 12 heteroatoms. The molecule has 0 bridgehead atoms. The molecule has 2 aromatic carbocycles. The van der Waals surface area contributed by atoms with Crippen molar-refractivity contribution in [2.45, 2.75) is 25.2 Å². The van der Waals surface area contributed by atoms with E-state index in [0.717, 1.165) is 12.1 Å². The minimum Gasteiger partial charge on any atom is -0.405 e. The van der Waals surface area contributed by atoms with Gasteiger partial charge in [-0.15, -0.1) is 13.2 Å². The lowest BCUT2D eigenvalue weighted by atomic mass is 10.0. The smallest absolute Gasteiger partial charge is 0.405 e. The fourth-order valence-corrected chi connectivity index (χ4v) is 4.10. The van der Waals surface area contributed by atoms with E-state index in [0.29, 0.717) is 30.6 Å². The van der Waals surface area contributed by atoms with Crippen LogP contribution in [0.1, 0.15) is 35.1 Å². The number of aromatic amines is 1. The van der Waals surface area contributed by atoms with Crippen LogP contribution in [0.25, 0.3) is 22.6 Å². The van der Waals surface area contributed by atoms with Gasteiger partial charge in [-0.2, -0.15) is 10.1 Å². The Labute approximate surface area is 195 Å². The molecule has 0 unspecified atom stereocenters. The number of halogens is 4. The van der Waals surface area contributed by atoms with Gasteiger partial charge in [0.25, 0.3) is 5.91 Å². The average Bonchev–Trinajstić information content (AvgIpc) is 3.59. The Morgan fingerprint density at radius 1 is 1.14 bits per heavy atom. The Morgan fingerprint density at radius 2 is 1.97 bits per heavy atom. The number of H-pyrrole nitrogens is 1. The summed E-state index contributed by atoms with van der Waals surface area (Å²) in [6.07, 6.45) is -2.26. The third kappa shape index (κ3) is 4.59. The summed E-state index contributed by atoms with van der Waals surface area (Å²) in [4.78, 5) is 19.2. The second-order valence-corrected chi connectivity index (χ2v) is 7.82. The van der Waals surface area contributed by atoms with E-state index < -0.39 is 29.9 Å². The third-order valence-corrected chi connectivity index (χ3v) is 5.60. The van der Waals surface area contributed by atoms with Crippen LogP contribution in [0.2, 0.25) is 0 Å². The maximum absolute atomic E-state index is 14.1. The summed E-state index contributed by atoms with van der Waals surface area (Å²) in [5.41, 5.74) is 1.14. The minimum atomic E-state index is -4.89. The van der Waals surface area contributed by atoms with Gasteiger partial charge in [-0.05, 0) is 49.2 Å². The fourth-order valence-electron chi connectivity index (χ4n) is 4.10. The number of hydrogen-bond donors (Lipinski definition) is 1. The van der Waals surface area contributed by atoms with Crippen LogP contribution in [0.4, 0.5) is 17.6 Å². The number of nitrogens with zero attached hydrogens (tertiary/aromatic N) is 4. The molecule has 1 fully saturated rings. The van der Waals surface area contributed by atoms with Crippen LogP contribution in [0.5, 0.6) is 5.75 Å². The highest BCUT2D eigenvalue weighted by Gasteiger charge is 2.37. The number of carbonyl (C=O) groups is 1. The zero-order valence-corrected chi connectivity index (χ0v) is 17.9. The average molecular weight is 487 g/mol. The Bertz CT molecular complexity index is 1350. The van der Waals surface area contributed by atoms with E-state index in [-0.39, 0.29) is 22.8 Å². The second-order valence-electron chi connectivity index (χ2n) is 7.82. The van der Waals surface area contributed by atoms with Crippen LogP contribution in [-0.4, -0.2) is 44.1 Å². The van der Waals surface area contributed by atoms with Gasteiger partial charge in [0.15, 0.2) is 0 Å². The van der Waals surface area contributed by atoms with Gasteiger partial charge < -0.3 is 14.2 Å². The van der Waals surface area contributed by atoms with Gasteiger partial charge in [0.1, 0.15) is 17.6 Å². The highest BCUT2D eigenvalue weighted by molar-refractivity contribution is 6.00. The predicted octanol–water partition coefficient (Wildman–Crippen LogP) is 5.14. The monoisotopic (exact) mass is 487 g/mol. The van der Waals surface area contributed by atoms with Crippen molar-refractivity contribution in [3.05, 3.63) is 72.0 Å². The molecule has 0 spiro atoms. The summed E-state index contributed by atoms with van der Waals surface area (Å²) < 4.78 is 61.9. The normalized spacial score (nSPS) is 16.0. The zero-order chi connectivity index (χ0) is 24.6. The van der Waals surface area contributed by atoms with E-state index in [1.54, 1.807) is 6.07 Å². The number of para-hydroxylation sites is 1. The topological polar surface area (TPSA) is 97.1 Å². The molecule has 1 amide bonds. The Morgan fingerprint density at radius 3 is 2.74 bits per heavy atom. The van der Waals surface area contributed by atoms with Gasteiger partial charge in [0.05, 0.1) is 16.8 Å². The summed E-state index contributed by atoms with van der Waals surface area (Å²) in [5, 5.41) is 10.5. The number of alkyl halides is 3. The number of aromatic nitrogens is 4. The van der Waals surface area contributed by atoms with E-state index >= 15 is 0 Å². The number of amides is 1. The molecule has 1 aliphatic heterocycles. The summed E-state index contributed by atoms with van der Waals surface area (Å²) in [6, 6.07) is 10.3. The molecular formula is C23H17F4N5O3. The van der Waals surface area contributed by atoms with Crippen molar-refractivity contribution in [3.63, 3.8) is 0 Å². The molecule has 8 nitrogen and oxygen atoms in total. The van der Waals surface area contributed by atoms with Crippen LogP contribution in [0, 0.1) is 5.82 Å². The molecule has 180 valence electrons. The highest BCUT2D eigenvalue weighted by Crippen LogP contribution is 2.37. The number of likely N-dealkylation sites (tertiary alicyclic amines) is 1. The van der Waals surface area contributed by atoms with E-state index in [1.807, 2.05) is 0 Å². The van der Waals surface area contributed by atoms with E-state index in [9.17, 15) is 22.4 Å². The Balaban J connectivity index is 1.45. The number of benzene rings is 2. The molecule has 0 aliphatic carbocycles. The highest BCUT2D eigenvalue weighted by atomic mass is 19.4. The standard InChI is InChI=1S/C23H17F4N5O3/c24-13-7-8-14(17-9-10-28-30-17)16(12-13)22(33)32-11-3-5-18(32)21-29-20(31-35-21)15-4-1-2-6-19(15)34-23(25,26)27/h1-2,4,6-10,12,18H,3,5,11H2,(H,28,30)/t18-/m0/s1. The summed E-state index contributed by atoms with van der Waals surface area (Å²) in [6.45, 7) is 0.355. The minimum absolute atomic E-state index is 0.0117.